The molecule has 0 radical (unpaired) electrons. The van der Waals surface area contributed by atoms with Gasteiger partial charge in [-0.1, -0.05) is 53.8 Å². The van der Waals surface area contributed by atoms with Gasteiger partial charge in [-0.3, -0.25) is 0 Å². The Morgan fingerprint density at radius 1 is 1.08 bits per heavy atom. The minimum Gasteiger partial charge on any atom is -0.105 e. The highest BCUT2D eigenvalue weighted by Crippen LogP contribution is 2.34. The number of hydrogen-bond acceptors (Lipinski definition) is 3. The first kappa shape index (κ1) is 13.8. The Morgan fingerprint density at radius 3 is 1.85 bits per heavy atom. The fourth-order valence-electron chi connectivity index (χ4n) is 0.541. The second kappa shape index (κ2) is 5.62. The van der Waals surface area contributed by atoms with Gasteiger partial charge in [-0.15, -0.1) is 23.5 Å². The number of thiocarbonyl (C=S) groups is 1. The Balaban J connectivity index is 3.93. The molecule has 0 aromatic rings. The molecule has 0 aromatic heterocycles. The van der Waals surface area contributed by atoms with Crippen LogP contribution in [0.5, 0.6) is 0 Å². The minimum absolute atomic E-state index is 0.340. The van der Waals surface area contributed by atoms with Crippen molar-refractivity contribution in [1.29, 1.82) is 0 Å². The molecule has 0 nitrogen and oxygen atoms in total. The Hall–Kier alpha value is 0.790. The molecular weight excluding hydrogens is 216 g/mol. The second-order valence-corrected chi connectivity index (χ2v) is 8.66. The van der Waals surface area contributed by atoms with Crippen LogP contribution in [0.25, 0.3) is 0 Å². The third-order valence-corrected chi connectivity index (χ3v) is 4.90. The third-order valence-electron chi connectivity index (χ3n) is 1.82. The van der Waals surface area contributed by atoms with Crippen molar-refractivity contribution in [3.63, 3.8) is 0 Å². The summed E-state index contributed by atoms with van der Waals surface area (Å²) in [5.74, 6) is 0. The van der Waals surface area contributed by atoms with Crippen LogP contribution in [-0.4, -0.2) is 14.0 Å². The lowest BCUT2D eigenvalue weighted by Crippen LogP contribution is -2.20. The molecule has 0 rings (SSSR count). The molecule has 0 spiro atoms. The third kappa shape index (κ3) is 6.81. The van der Waals surface area contributed by atoms with Crippen LogP contribution in [0.3, 0.4) is 0 Å². The van der Waals surface area contributed by atoms with Crippen molar-refractivity contribution in [1.82, 2.24) is 0 Å². The molecule has 0 N–H and O–H groups in total. The van der Waals surface area contributed by atoms with Gasteiger partial charge in [-0.05, 0) is 5.41 Å². The van der Waals surface area contributed by atoms with Gasteiger partial charge >= 0.3 is 0 Å². The highest BCUT2D eigenvalue weighted by Gasteiger charge is 2.22. The second-order valence-electron chi connectivity index (χ2n) is 4.54. The van der Waals surface area contributed by atoms with Crippen LogP contribution < -0.4 is 0 Å². The van der Waals surface area contributed by atoms with Crippen molar-refractivity contribution < 1.29 is 0 Å². The summed E-state index contributed by atoms with van der Waals surface area (Å²) >= 11 is 8.92. The molecule has 1 atom stereocenters. The largest absolute Gasteiger partial charge is 0.105 e. The molecule has 0 aliphatic heterocycles. The van der Waals surface area contributed by atoms with Crippen LogP contribution in [0.1, 0.15) is 41.5 Å². The smallest absolute Gasteiger partial charge is 0.104 e. The van der Waals surface area contributed by atoms with Crippen LogP contribution in [0.2, 0.25) is 0 Å². The lowest BCUT2D eigenvalue weighted by atomic mass is 9.93. The summed E-state index contributed by atoms with van der Waals surface area (Å²) in [6.45, 7) is 13.4. The van der Waals surface area contributed by atoms with Crippen LogP contribution in [-0.2, 0) is 0 Å². The van der Waals surface area contributed by atoms with Gasteiger partial charge in [0.1, 0.15) is 3.53 Å². The predicted molar refractivity (Wildman–Crippen MR) is 71.8 cm³/mol. The molecule has 0 heterocycles. The first-order valence-corrected chi connectivity index (χ1v) is 6.77. The van der Waals surface area contributed by atoms with Crippen LogP contribution in [0.15, 0.2) is 0 Å². The molecule has 0 saturated carbocycles. The summed E-state index contributed by atoms with van der Waals surface area (Å²) in [6.07, 6.45) is 0. The van der Waals surface area contributed by atoms with Gasteiger partial charge < -0.3 is 0 Å². The average molecular weight is 236 g/mol. The Labute approximate surface area is 96.6 Å². The van der Waals surface area contributed by atoms with E-state index in [9.17, 15) is 0 Å². The summed E-state index contributed by atoms with van der Waals surface area (Å²) in [6, 6.07) is 0. The van der Waals surface area contributed by atoms with Crippen molar-refractivity contribution in [3.05, 3.63) is 0 Å². The molecule has 0 aliphatic carbocycles. The van der Waals surface area contributed by atoms with Gasteiger partial charge in [0, 0.05) is 10.5 Å². The molecule has 0 aliphatic rings. The lowest BCUT2D eigenvalue weighted by Gasteiger charge is -2.26. The Morgan fingerprint density at radius 2 is 1.54 bits per heavy atom. The summed E-state index contributed by atoms with van der Waals surface area (Å²) in [5.41, 5.74) is 0.340. The molecule has 0 fully saturated rings. The SMILES string of the molecule is CC(C)SC(=S)SC(C)C(C)(C)C. The van der Waals surface area contributed by atoms with E-state index in [4.69, 9.17) is 12.2 Å². The zero-order chi connectivity index (χ0) is 10.6. The fourth-order valence-corrected chi connectivity index (χ4v) is 3.81. The lowest BCUT2D eigenvalue weighted by molar-refractivity contribution is 0.412. The van der Waals surface area contributed by atoms with E-state index in [0.717, 1.165) is 3.53 Å². The highest BCUT2D eigenvalue weighted by molar-refractivity contribution is 8.47. The van der Waals surface area contributed by atoms with Crippen molar-refractivity contribution in [3.8, 4) is 0 Å². The van der Waals surface area contributed by atoms with Gasteiger partial charge in [0.25, 0.3) is 0 Å². The monoisotopic (exact) mass is 236 g/mol. The Bertz CT molecular complexity index is 167. The number of rotatable bonds is 2. The van der Waals surface area contributed by atoms with Crippen LogP contribution in [0, 0.1) is 5.41 Å². The zero-order valence-electron chi connectivity index (χ0n) is 9.38. The van der Waals surface area contributed by atoms with Crippen molar-refractivity contribution >= 4 is 39.3 Å². The maximum absolute atomic E-state index is 5.30. The van der Waals surface area contributed by atoms with Gasteiger partial charge in [0.05, 0.1) is 0 Å². The zero-order valence-corrected chi connectivity index (χ0v) is 11.8. The maximum Gasteiger partial charge on any atom is 0.104 e. The van der Waals surface area contributed by atoms with Gasteiger partial charge in [0.2, 0.25) is 0 Å². The summed E-state index contributed by atoms with van der Waals surface area (Å²) in [7, 11) is 0. The quantitative estimate of drug-likeness (QED) is 0.644. The summed E-state index contributed by atoms with van der Waals surface area (Å²) in [4.78, 5) is 0. The van der Waals surface area contributed by atoms with Gasteiger partial charge in [0.15, 0.2) is 0 Å². The van der Waals surface area contributed by atoms with E-state index in [1.165, 1.54) is 0 Å². The molecule has 0 aromatic carbocycles. The normalized spacial score (nSPS) is 14.7. The highest BCUT2D eigenvalue weighted by atomic mass is 32.2. The fraction of sp³-hybridized carbons (Fsp3) is 0.900. The van der Waals surface area contributed by atoms with E-state index in [-0.39, 0.29) is 0 Å². The average Bonchev–Trinajstić information content (AvgIpc) is 1.82. The number of hydrogen-bond donors (Lipinski definition) is 0. The minimum atomic E-state index is 0.340. The van der Waals surface area contributed by atoms with Gasteiger partial charge in [-0.25, -0.2) is 0 Å². The van der Waals surface area contributed by atoms with Crippen LogP contribution in [0.4, 0.5) is 0 Å². The molecular formula is C10H20S3. The molecule has 13 heavy (non-hydrogen) atoms. The van der Waals surface area contributed by atoms with E-state index >= 15 is 0 Å². The topological polar surface area (TPSA) is 0 Å². The van der Waals surface area contributed by atoms with E-state index in [0.29, 0.717) is 15.9 Å². The van der Waals surface area contributed by atoms with E-state index in [2.05, 4.69) is 41.5 Å². The van der Waals surface area contributed by atoms with E-state index < -0.39 is 0 Å². The first-order valence-electron chi connectivity index (χ1n) is 4.60. The first-order chi connectivity index (χ1) is 5.73. The van der Waals surface area contributed by atoms with Crippen molar-refractivity contribution in [2.24, 2.45) is 5.41 Å². The molecule has 78 valence electrons. The van der Waals surface area contributed by atoms with Crippen molar-refractivity contribution in [2.75, 3.05) is 0 Å². The van der Waals surface area contributed by atoms with E-state index in [1.807, 2.05) is 11.8 Å². The molecule has 3 heteroatoms. The molecule has 0 amide bonds. The standard InChI is InChI=1S/C10H20S3/c1-7(2)12-9(11)13-8(3)10(4,5)6/h7-8H,1-6H3. The van der Waals surface area contributed by atoms with Crippen LogP contribution >= 0.6 is 35.7 Å². The predicted octanol–water partition coefficient (Wildman–Crippen LogP) is 4.58. The maximum atomic E-state index is 5.30. The van der Waals surface area contributed by atoms with Gasteiger partial charge in [-0.2, -0.15) is 0 Å². The summed E-state index contributed by atoms with van der Waals surface area (Å²) < 4.78 is 1.08. The Kier molecular flexibility index (Phi) is 5.96. The van der Waals surface area contributed by atoms with E-state index in [1.54, 1.807) is 11.8 Å². The van der Waals surface area contributed by atoms with Crippen molar-refractivity contribution in [2.45, 2.75) is 52.0 Å². The molecule has 1 unspecified atom stereocenters. The number of thioether (sulfide) groups is 2. The molecule has 0 bridgehead atoms. The summed E-state index contributed by atoms with van der Waals surface area (Å²) in [5, 5.41) is 1.19. The molecule has 0 saturated heterocycles.